The third-order valence-corrected chi connectivity index (χ3v) is 7.70. The van der Waals surface area contributed by atoms with E-state index in [0.29, 0.717) is 55.7 Å². The predicted molar refractivity (Wildman–Crippen MR) is 139 cm³/mol. The van der Waals surface area contributed by atoms with Crippen molar-refractivity contribution in [2.24, 2.45) is 5.41 Å². The van der Waals surface area contributed by atoms with Crippen LogP contribution in [0, 0.1) is 22.9 Å². The summed E-state index contributed by atoms with van der Waals surface area (Å²) in [5.74, 6) is -4.11. The van der Waals surface area contributed by atoms with Gasteiger partial charge in [0.1, 0.15) is 11.9 Å². The zero-order valence-corrected chi connectivity index (χ0v) is 22.0. The highest BCUT2D eigenvalue weighted by molar-refractivity contribution is 6.32. The highest BCUT2D eigenvalue weighted by atomic mass is 35.5. The summed E-state index contributed by atoms with van der Waals surface area (Å²) in [6, 6.07) is 6.88. The topological polar surface area (TPSA) is 86.7 Å². The minimum atomic E-state index is -1.52. The van der Waals surface area contributed by atoms with Crippen LogP contribution in [0.4, 0.5) is 23.2 Å². The van der Waals surface area contributed by atoms with E-state index in [1.165, 1.54) is 13.3 Å². The van der Waals surface area contributed by atoms with Gasteiger partial charge in [0.05, 0.1) is 23.1 Å². The smallest absolute Gasteiger partial charge is 0.249 e. The number of halogens is 5. The van der Waals surface area contributed by atoms with Crippen molar-refractivity contribution >= 4 is 34.1 Å². The fraction of sp³-hybridized carbons (Fsp3) is 0.407. The minimum absolute atomic E-state index is 0.00723. The molecule has 1 saturated heterocycles. The number of fused-ring (bicyclic) bond motifs is 1. The van der Waals surface area contributed by atoms with Crippen molar-refractivity contribution in [2.45, 2.75) is 31.9 Å². The summed E-state index contributed by atoms with van der Waals surface area (Å²) in [5, 5.41) is 13.0. The van der Waals surface area contributed by atoms with Gasteiger partial charge in [0.15, 0.2) is 17.5 Å². The summed E-state index contributed by atoms with van der Waals surface area (Å²) in [7, 11) is 1.51. The monoisotopic (exact) mass is 568 g/mol. The number of nitrogens with one attached hydrogen (secondary N) is 2. The minimum Gasteiger partial charge on any atom is -0.497 e. The number of hydroxylamine groups is 1. The Hall–Kier alpha value is -3.15. The quantitative estimate of drug-likeness (QED) is 0.124. The van der Waals surface area contributed by atoms with E-state index in [2.05, 4.69) is 10.3 Å². The Kier molecular flexibility index (Phi) is 9.14. The van der Waals surface area contributed by atoms with Crippen LogP contribution in [0.15, 0.2) is 36.5 Å². The highest BCUT2D eigenvalue weighted by Gasteiger charge is 2.41. The molecule has 1 atom stereocenters. The molecule has 12 heteroatoms. The first-order valence-corrected chi connectivity index (χ1v) is 12.9. The molecule has 1 fully saturated rings. The Morgan fingerprint density at radius 2 is 1.90 bits per heavy atom. The number of carbonyl (C=O) groups excluding carboxylic acids is 1. The van der Waals surface area contributed by atoms with E-state index < -0.39 is 34.9 Å². The molecular weight excluding hydrogens is 540 g/mol. The molecular formula is C27H29ClF4N4O3. The Labute approximate surface area is 228 Å². The first-order chi connectivity index (χ1) is 18.7. The van der Waals surface area contributed by atoms with E-state index in [1.807, 2.05) is 4.90 Å². The van der Waals surface area contributed by atoms with Crippen LogP contribution in [0.25, 0.3) is 10.9 Å². The van der Waals surface area contributed by atoms with Gasteiger partial charge < -0.3 is 15.0 Å². The molecule has 4 rings (SSSR count). The average molecular weight is 569 g/mol. The number of likely N-dealkylation sites (tertiary alicyclic amines) is 1. The Bertz CT molecular complexity index is 1310. The number of carbonyl (C=O) groups is 1. The standard InChI is InChI=1S/C27H29ClF4N4O3/c1-39-17-2-3-23-18(14-17)24(19(28)15-34-23)20(29)4-5-27(26(37)35-38)6-9-36(10-7-27)11-8-33-16-12-21(30)25(32)22(31)13-16/h2-3,12-15,20,33,38H,4-11H2,1H3,(H,35,37)/t20-/m1/s1. The van der Waals surface area contributed by atoms with Gasteiger partial charge in [0, 0.05) is 48.1 Å². The third kappa shape index (κ3) is 6.37. The van der Waals surface area contributed by atoms with Crippen LogP contribution in [0.2, 0.25) is 5.02 Å². The van der Waals surface area contributed by atoms with E-state index in [4.69, 9.17) is 16.3 Å². The largest absolute Gasteiger partial charge is 0.497 e. The zero-order chi connectivity index (χ0) is 28.2. The second-order valence-electron chi connectivity index (χ2n) is 9.65. The number of aromatic nitrogens is 1. The fourth-order valence-corrected chi connectivity index (χ4v) is 5.36. The molecule has 0 saturated carbocycles. The van der Waals surface area contributed by atoms with Gasteiger partial charge in [-0.3, -0.25) is 15.0 Å². The van der Waals surface area contributed by atoms with Crippen molar-refractivity contribution < 1.29 is 32.3 Å². The maximum absolute atomic E-state index is 15.7. The first kappa shape index (κ1) is 28.8. The van der Waals surface area contributed by atoms with Crippen LogP contribution in [-0.2, 0) is 4.79 Å². The molecule has 0 aliphatic carbocycles. The lowest BCUT2D eigenvalue weighted by molar-refractivity contribution is -0.143. The maximum atomic E-state index is 15.7. The van der Waals surface area contributed by atoms with Gasteiger partial charge in [-0.05, 0) is 57.0 Å². The lowest BCUT2D eigenvalue weighted by Gasteiger charge is -2.40. The average Bonchev–Trinajstić information content (AvgIpc) is 2.94. The number of methoxy groups -OCH3 is 1. The summed E-state index contributed by atoms with van der Waals surface area (Å²) < 4.78 is 60.9. The molecule has 210 valence electrons. The second-order valence-corrected chi connectivity index (χ2v) is 10.1. The van der Waals surface area contributed by atoms with Gasteiger partial charge >= 0.3 is 0 Å². The number of benzene rings is 2. The first-order valence-electron chi connectivity index (χ1n) is 12.5. The summed E-state index contributed by atoms with van der Waals surface area (Å²) in [5.41, 5.74) is 1.71. The lowest BCUT2D eigenvalue weighted by Crippen LogP contribution is -2.49. The number of hydrogen-bond acceptors (Lipinski definition) is 6. The van der Waals surface area contributed by atoms with Crippen molar-refractivity contribution in [3.63, 3.8) is 0 Å². The Morgan fingerprint density at radius 1 is 1.21 bits per heavy atom. The van der Waals surface area contributed by atoms with Gasteiger partial charge in [-0.2, -0.15) is 0 Å². The molecule has 3 N–H and O–H groups in total. The molecule has 7 nitrogen and oxygen atoms in total. The van der Waals surface area contributed by atoms with Gasteiger partial charge in [-0.1, -0.05) is 11.6 Å². The molecule has 3 aromatic rings. The number of alkyl halides is 1. The Morgan fingerprint density at radius 3 is 2.54 bits per heavy atom. The van der Waals surface area contributed by atoms with Crippen LogP contribution in [0.1, 0.15) is 37.4 Å². The SMILES string of the molecule is COc1ccc2ncc(Cl)c([C@H](F)CCC3(C(=O)NO)CCN(CCNc4cc(F)c(F)c(F)c4)CC3)c2c1. The lowest BCUT2D eigenvalue weighted by atomic mass is 9.73. The van der Waals surface area contributed by atoms with Crippen molar-refractivity contribution in [1.82, 2.24) is 15.4 Å². The molecule has 1 amide bonds. The van der Waals surface area contributed by atoms with Crippen molar-refractivity contribution in [2.75, 3.05) is 38.6 Å². The van der Waals surface area contributed by atoms with E-state index in [9.17, 15) is 23.2 Å². The fourth-order valence-electron chi connectivity index (χ4n) is 5.09. The predicted octanol–water partition coefficient (Wildman–Crippen LogP) is 5.80. The van der Waals surface area contributed by atoms with E-state index >= 15 is 4.39 Å². The van der Waals surface area contributed by atoms with Gasteiger partial charge in [-0.25, -0.2) is 23.0 Å². The van der Waals surface area contributed by atoms with Gasteiger partial charge in [-0.15, -0.1) is 0 Å². The molecule has 2 heterocycles. The summed E-state index contributed by atoms with van der Waals surface area (Å²) >= 11 is 6.34. The Balaban J connectivity index is 1.39. The molecule has 1 aromatic heterocycles. The molecule has 1 aliphatic rings. The molecule has 1 aliphatic heterocycles. The van der Waals surface area contributed by atoms with Crippen molar-refractivity contribution in [3.8, 4) is 5.75 Å². The zero-order valence-electron chi connectivity index (χ0n) is 21.2. The summed E-state index contributed by atoms with van der Waals surface area (Å²) in [6.45, 7) is 1.78. The highest BCUT2D eigenvalue weighted by Crippen LogP contribution is 2.42. The molecule has 0 unspecified atom stereocenters. The van der Waals surface area contributed by atoms with E-state index in [1.54, 1.807) is 23.7 Å². The van der Waals surface area contributed by atoms with Crippen LogP contribution in [0.5, 0.6) is 5.75 Å². The second kappa shape index (κ2) is 12.4. The molecule has 0 bridgehead atoms. The number of pyridine rings is 1. The van der Waals surface area contributed by atoms with Gasteiger partial charge in [0.25, 0.3) is 0 Å². The van der Waals surface area contributed by atoms with Crippen LogP contribution < -0.4 is 15.5 Å². The summed E-state index contributed by atoms with van der Waals surface area (Å²) in [4.78, 5) is 19.0. The van der Waals surface area contributed by atoms with E-state index in [0.717, 1.165) is 12.1 Å². The molecule has 39 heavy (non-hydrogen) atoms. The molecule has 0 spiro atoms. The summed E-state index contributed by atoms with van der Waals surface area (Å²) in [6.07, 6.45) is 0.805. The number of ether oxygens (including phenoxy) is 1. The van der Waals surface area contributed by atoms with Crippen molar-refractivity contribution in [3.05, 3.63) is 64.6 Å². The number of nitrogens with zero attached hydrogens (tertiary/aromatic N) is 2. The number of piperidine rings is 1. The van der Waals surface area contributed by atoms with Crippen molar-refractivity contribution in [1.29, 1.82) is 0 Å². The van der Waals surface area contributed by atoms with E-state index in [-0.39, 0.29) is 29.1 Å². The molecule has 0 radical (unpaired) electrons. The number of hydrogen-bond donors (Lipinski definition) is 3. The van der Waals surface area contributed by atoms with Gasteiger partial charge in [0.2, 0.25) is 5.91 Å². The van der Waals surface area contributed by atoms with Crippen LogP contribution in [-0.4, -0.2) is 54.3 Å². The van der Waals surface area contributed by atoms with Crippen LogP contribution >= 0.6 is 11.6 Å². The van der Waals surface area contributed by atoms with Crippen LogP contribution in [0.3, 0.4) is 0 Å². The number of amides is 1. The number of rotatable bonds is 10. The third-order valence-electron chi connectivity index (χ3n) is 7.40. The maximum Gasteiger partial charge on any atom is 0.249 e. The molecule has 2 aromatic carbocycles. The number of anilines is 1. The normalized spacial score (nSPS) is 16.2.